The molecule has 0 radical (unpaired) electrons. The second-order valence-corrected chi connectivity index (χ2v) is 5.50. The van der Waals surface area contributed by atoms with Crippen LogP contribution in [0.5, 0.6) is 0 Å². The van der Waals surface area contributed by atoms with E-state index in [1.54, 1.807) is 6.07 Å². The van der Waals surface area contributed by atoms with E-state index in [4.69, 9.17) is 0 Å². The van der Waals surface area contributed by atoms with Crippen LogP contribution in [0.25, 0.3) is 0 Å². The van der Waals surface area contributed by atoms with Gasteiger partial charge in [-0.05, 0) is 68.1 Å². The molecule has 0 aliphatic rings. The fraction of sp³-hybridized carbons (Fsp3) is 0.278. The number of hydrogen-bond donors (Lipinski definition) is 1. The van der Waals surface area contributed by atoms with Gasteiger partial charge in [-0.2, -0.15) is 0 Å². The first kappa shape index (κ1) is 15.2. The normalized spacial score (nSPS) is 12.0. The molecule has 2 aromatic carbocycles. The highest BCUT2D eigenvalue weighted by Crippen LogP contribution is 2.22. The second kappa shape index (κ2) is 6.08. The van der Waals surface area contributed by atoms with Crippen molar-refractivity contribution in [3.63, 3.8) is 0 Å². The van der Waals surface area contributed by atoms with Crippen LogP contribution in [0.2, 0.25) is 0 Å². The number of carbonyl (C=O) groups excluding carboxylic acids is 1. The van der Waals surface area contributed by atoms with Gasteiger partial charge in [0.05, 0.1) is 6.04 Å². The summed E-state index contributed by atoms with van der Waals surface area (Å²) in [6, 6.07) is 9.81. The van der Waals surface area contributed by atoms with Crippen LogP contribution in [0.1, 0.15) is 45.6 Å². The van der Waals surface area contributed by atoms with E-state index in [-0.39, 0.29) is 11.9 Å². The number of carbonyl (C=O) groups is 1. The summed E-state index contributed by atoms with van der Waals surface area (Å²) in [5, 5.41) is 2.92. The van der Waals surface area contributed by atoms with Crippen molar-refractivity contribution in [2.24, 2.45) is 0 Å². The predicted octanol–water partition coefficient (Wildman–Crippen LogP) is 4.24. The maximum absolute atomic E-state index is 13.2. The first-order chi connectivity index (χ1) is 9.88. The average Bonchev–Trinajstić information content (AvgIpc) is 2.42. The minimum absolute atomic E-state index is 0.125. The lowest BCUT2D eigenvalue weighted by atomic mass is 9.96. The number of amides is 1. The second-order valence-electron chi connectivity index (χ2n) is 5.50. The molecule has 1 atom stereocenters. The van der Waals surface area contributed by atoms with Crippen molar-refractivity contribution >= 4 is 5.91 Å². The van der Waals surface area contributed by atoms with Crippen molar-refractivity contribution in [2.45, 2.75) is 33.7 Å². The molecule has 0 heterocycles. The van der Waals surface area contributed by atoms with E-state index in [1.807, 2.05) is 13.8 Å². The molecule has 1 unspecified atom stereocenters. The third-order valence-electron chi connectivity index (χ3n) is 3.78. The maximum Gasteiger partial charge on any atom is 0.251 e. The smallest absolute Gasteiger partial charge is 0.251 e. The zero-order valence-corrected chi connectivity index (χ0v) is 12.8. The van der Waals surface area contributed by atoms with E-state index in [1.165, 1.54) is 29.3 Å². The van der Waals surface area contributed by atoms with Crippen molar-refractivity contribution in [3.05, 3.63) is 70.0 Å². The van der Waals surface area contributed by atoms with Crippen LogP contribution in [0.4, 0.5) is 4.39 Å². The summed E-state index contributed by atoms with van der Waals surface area (Å²) in [7, 11) is 0. The molecule has 2 nitrogen and oxygen atoms in total. The number of halogens is 1. The van der Waals surface area contributed by atoms with Crippen LogP contribution in [0, 0.1) is 26.6 Å². The van der Waals surface area contributed by atoms with Crippen LogP contribution in [0.3, 0.4) is 0 Å². The van der Waals surface area contributed by atoms with Crippen LogP contribution in [0.15, 0.2) is 36.4 Å². The minimum Gasteiger partial charge on any atom is -0.346 e. The summed E-state index contributed by atoms with van der Waals surface area (Å²) in [6.45, 7) is 8.10. The first-order valence-electron chi connectivity index (χ1n) is 7.02. The zero-order valence-electron chi connectivity index (χ0n) is 12.8. The molecule has 1 amide bonds. The Balaban J connectivity index is 2.20. The van der Waals surface area contributed by atoms with Gasteiger partial charge in [0.2, 0.25) is 0 Å². The lowest BCUT2D eigenvalue weighted by Gasteiger charge is -2.18. The Kier molecular flexibility index (Phi) is 4.41. The Morgan fingerprint density at radius 2 is 1.71 bits per heavy atom. The SMILES string of the molecule is Cc1cc(C)c(C(C)NC(=O)c2cccc(F)c2)cc1C. The molecule has 0 bridgehead atoms. The van der Waals surface area contributed by atoms with Crippen molar-refractivity contribution in [1.29, 1.82) is 0 Å². The van der Waals surface area contributed by atoms with Crippen molar-refractivity contribution < 1.29 is 9.18 Å². The third kappa shape index (κ3) is 3.48. The molecule has 0 aromatic heterocycles. The summed E-state index contributed by atoms with van der Waals surface area (Å²) in [4.78, 5) is 12.2. The summed E-state index contributed by atoms with van der Waals surface area (Å²) in [6.07, 6.45) is 0. The lowest BCUT2D eigenvalue weighted by molar-refractivity contribution is 0.0939. The summed E-state index contributed by atoms with van der Waals surface area (Å²) in [5.41, 5.74) is 5.00. The van der Waals surface area contributed by atoms with Crippen molar-refractivity contribution in [1.82, 2.24) is 5.32 Å². The lowest BCUT2D eigenvalue weighted by Crippen LogP contribution is -2.27. The van der Waals surface area contributed by atoms with Gasteiger partial charge in [-0.1, -0.05) is 18.2 Å². The van der Waals surface area contributed by atoms with Crippen LogP contribution < -0.4 is 5.32 Å². The van der Waals surface area contributed by atoms with E-state index < -0.39 is 5.82 Å². The molecule has 21 heavy (non-hydrogen) atoms. The molecular formula is C18H20FNO. The molecule has 2 rings (SSSR count). The molecule has 0 aliphatic carbocycles. The van der Waals surface area contributed by atoms with Gasteiger partial charge in [-0.3, -0.25) is 4.79 Å². The predicted molar refractivity (Wildman–Crippen MR) is 82.9 cm³/mol. The quantitative estimate of drug-likeness (QED) is 0.897. The van der Waals surface area contributed by atoms with Crippen LogP contribution >= 0.6 is 0 Å². The van der Waals surface area contributed by atoms with Gasteiger partial charge in [0, 0.05) is 5.56 Å². The highest BCUT2D eigenvalue weighted by molar-refractivity contribution is 5.94. The average molecular weight is 285 g/mol. The highest BCUT2D eigenvalue weighted by atomic mass is 19.1. The molecule has 0 aliphatic heterocycles. The first-order valence-corrected chi connectivity index (χ1v) is 7.02. The fourth-order valence-corrected chi connectivity index (χ4v) is 2.44. The van der Waals surface area contributed by atoms with Gasteiger partial charge >= 0.3 is 0 Å². The topological polar surface area (TPSA) is 29.1 Å². The number of hydrogen-bond acceptors (Lipinski definition) is 1. The Labute approximate surface area is 125 Å². The minimum atomic E-state index is -0.405. The highest BCUT2D eigenvalue weighted by Gasteiger charge is 2.14. The Hall–Kier alpha value is -2.16. The van der Waals surface area contributed by atoms with Crippen LogP contribution in [-0.2, 0) is 0 Å². The molecule has 2 aromatic rings. The largest absolute Gasteiger partial charge is 0.346 e. The van der Waals surface area contributed by atoms with Crippen LogP contribution in [-0.4, -0.2) is 5.91 Å². The monoisotopic (exact) mass is 285 g/mol. The van der Waals surface area contributed by atoms with Gasteiger partial charge in [0.1, 0.15) is 5.82 Å². The molecule has 0 saturated carbocycles. The molecule has 0 spiro atoms. The summed E-state index contributed by atoms with van der Waals surface area (Å²) >= 11 is 0. The van der Waals surface area contributed by atoms with Crippen molar-refractivity contribution in [3.8, 4) is 0 Å². The Morgan fingerprint density at radius 1 is 1.05 bits per heavy atom. The van der Waals surface area contributed by atoms with E-state index in [0.717, 1.165) is 11.1 Å². The Bertz CT molecular complexity index is 679. The van der Waals surface area contributed by atoms with Crippen molar-refractivity contribution in [2.75, 3.05) is 0 Å². The number of nitrogens with one attached hydrogen (secondary N) is 1. The number of benzene rings is 2. The van der Waals surface area contributed by atoms with E-state index in [2.05, 4.69) is 31.3 Å². The van der Waals surface area contributed by atoms with Gasteiger partial charge in [0.25, 0.3) is 5.91 Å². The Morgan fingerprint density at radius 3 is 2.38 bits per heavy atom. The fourth-order valence-electron chi connectivity index (χ4n) is 2.44. The molecule has 110 valence electrons. The number of aryl methyl sites for hydroxylation is 3. The number of rotatable bonds is 3. The van der Waals surface area contributed by atoms with E-state index in [9.17, 15) is 9.18 Å². The van der Waals surface area contributed by atoms with Gasteiger partial charge in [-0.25, -0.2) is 4.39 Å². The zero-order chi connectivity index (χ0) is 15.6. The van der Waals surface area contributed by atoms with Gasteiger partial charge in [-0.15, -0.1) is 0 Å². The van der Waals surface area contributed by atoms with Gasteiger partial charge < -0.3 is 5.32 Å². The standard InChI is InChI=1S/C18H20FNO/c1-11-8-13(3)17(9-12(11)2)14(4)20-18(21)15-6-5-7-16(19)10-15/h5-10,14H,1-4H3,(H,20,21). The maximum atomic E-state index is 13.2. The molecule has 0 saturated heterocycles. The van der Waals surface area contributed by atoms with E-state index in [0.29, 0.717) is 5.56 Å². The van der Waals surface area contributed by atoms with Gasteiger partial charge in [0.15, 0.2) is 0 Å². The molecule has 3 heteroatoms. The van der Waals surface area contributed by atoms with E-state index >= 15 is 0 Å². The third-order valence-corrected chi connectivity index (χ3v) is 3.78. The summed E-state index contributed by atoms with van der Waals surface area (Å²) < 4.78 is 13.2. The molecule has 1 N–H and O–H groups in total. The summed E-state index contributed by atoms with van der Waals surface area (Å²) in [5.74, 6) is -0.669. The molecule has 0 fully saturated rings. The molecular weight excluding hydrogens is 265 g/mol.